The molecule has 2 aromatic rings. The van der Waals surface area contributed by atoms with Gasteiger partial charge in [-0.2, -0.15) is 0 Å². The molecule has 0 aliphatic rings. The molecule has 8 nitrogen and oxygen atoms in total. The number of para-hydroxylation sites is 1. The molecule has 8 heteroatoms. The number of nitrogens with one attached hydrogen (secondary N) is 2. The molecule has 5 N–H and O–H groups in total. The van der Waals surface area contributed by atoms with Crippen molar-refractivity contribution in [2.45, 2.75) is 24.9 Å². The molecule has 1 aromatic carbocycles. The number of hydrogen-bond acceptors (Lipinski definition) is 5. The number of esters is 1. The highest BCUT2D eigenvalue weighted by atomic mass is 16.5. The molecule has 0 radical (unpaired) electrons. The smallest absolute Gasteiger partial charge is 0.328 e. The van der Waals surface area contributed by atoms with Crippen LogP contribution in [0.25, 0.3) is 10.9 Å². The molecule has 2 atom stereocenters. The van der Waals surface area contributed by atoms with Crippen LogP contribution in [0.2, 0.25) is 0 Å². The van der Waals surface area contributed by atoms with Crippen LogP contribution in [0.5, 0.6) is 0 Å². The number of amides is 1. The molecule has 1 heterocycles. The third-order valence-corrected chi connectivity index (χ3v) is 3.63. The average molecular weight is 333 g/mol. The first kappa shape index (κ1) is 17.5. The molecule has 0 bridgehead atoms. The predicted molar refractivity (Wildman–Crippen MR) is 86.2 cm³/mol. The van der Waals surface area contributed by atoms with Gasteiger partial charge in [0.1, 0.15) is 6.04 Å². The first-order valence-electron chi connectivity index (χ1n) is 7.33. The predicted octanol–water partition coefficient (Wildman–Crippen LogP) is 0.170. The highest BCUT2D eigenvalue weighted by Gasteiger charge is 2.26. The number of nitrogens with two attached hydrogens (primary N) is 1. The van der Waals surface area contributed by atoms with E-state index in [1.54, 1.807) is 6.20 Å². The molecular weight excluding hydrogens is 314 g/mol. The monoisotopic (exact) mass is 333 g/mol. The molecule has 0 aliphatic carbocycles. The van der Waals surface area contributed by atoms with Crippen LogP contribution in [0.15, 0.2) is 30.5 Å². The van der Waals surface area contributed by atoms with Crippen molar-refractivity contribution < 1.29 is 24.2 Å². The largest absolute Gasteiger partial charge is 0.481 e. The van der Waals surface area contributed by atoms with Gasteiger partial charge in [0.05, 0.1) is 19.6 Å². The lowest BCUT2D eigenvalue weighted by molar-refractivity contribution is -0.145. The number of ether oxygens (including phenoxy) is 1. The van der Waals surface area contributed by atoms with E-state index in [9.17, 15) is 14.4 Å². The van der Waals surface area contributed by atoms with E-state index in [0.717, 1.165) is 16.5 Å². The first-order chi connectivity index (χ1) is 11.4. The van der Waals surface area contributed by atoms with E-state index in [1.807, 2.05) is 24.3 Å². The number of benzene rings is 1. The zero-order chi connectivity index (χ0) is 17.7. The summed E-state index contributed by atoms with van der Waals surface area (Å²) in [5.74, 6) is -2.53. The van der Waals surface area contributed by atoms with Crippen molar-refractivity contribution in [3.05, 3.63) is 36.0 Å². The van der Waals surface area contributed by atoms with Gasteiger partial charge in [-0.3, -0.25) is 9.59 Å². The van der Waals surface area contributed by atoms with Crippen LogP contribution < -0.4 is 11.1 Å². The van der Waals surface area contributed by atoms with Crippen molar-refractivity contribution in [3.8, 4) is 0 Å². The number of H-pyrrole nitrogens is 1. The van der Waals surface area contributed by atoms with Crippen molar-refractivity contribution in [2.75, 3.05) is 7.11 Å². The van der Waals surface area contributed by atoms with Crippen LogP contribution in [0.4, 0.5) is 0 Å². The molecule has 0 unspecified atom stereocenters. The standard InChI is InChI=1S/C16H19N3O5/c1-24-16(23)13(19-15(22)11(17)7-14(20)21)6-9-8-18-12-5-3-2-4-10(9)12/h2-5,8,11,13,18H,6-7,17H2,1H3,(H,19,22)(H,20,21)/t11-,13-/m0/s1. The molecule has 0 spiro atoms. The minimum atomic E-state index is -1.24. The summed E-state index contributed by atoms with van der Waals surface area (Å²) in [7, 11) is 1.22. The number of aliphatic carboxylic acids is 1. The highest BCUT2D eigenvalue weighted by molar-refractivity contribution is 5.90. The molecule has 0 saturated heterocycles. The van der Waals surface area contributed by atoms with Gasteiger partial charge in [-0.25, -0.2) is 4.79 Å². The Kier molecular flexibility index (Phi) is 5.54. The second-order valence-electron chi connectivity index (χ2n) is 5.35. The van der Waals surface area contributed by atoms with E-state index in [-0.39, 0.29) is 6.42 Å². The quantitative estimate of drug-likeness (QED) is 0.534. The molecule has 0 fully saturated rings. The Morgan fingerprint density at radius 3 is 2.71 bits per heavy atom. The number of carbonyl (C=O) groups is 3. The molecule has 24 heavy (non-hydrogen) atoms. The van der Waals surface area contributed by atoms with Gasteiger partial charge in [-0.15, -0.1) is 0 Å². The maximum Gasteiger partial charge on any atom is 0.328 e. The zero-order valence-corrected chi connectivity index (χ0v) is 13.1. The van der Waals surface area contributed by atoms with Gasteiger partial charge in [0.15, 0.2) is 0 Å². The van der Waals surface area contributed by atoms with Crippen molar-refractivity contribution in [2.24, 2.45) is 5.73 Å². The third-order valence-electron chi connectivity index (χ3n) is 3.63. The fraction of sp³-hybridized carbons (Fsp3) is 0.312. The summed E-state index contributed by atoms with van der Waals surface area (Å²) in [6.45, 7) is 0. The fourth-order valence-electron chi connectivity index (χ4n) is 2.42. The minimum Gasteiger partial charge on any atom is -0.481 e. The van der Waals surface area contributed by atoms with Crippen LogP contribution in [0.1, 0.15) is 12.0 Å². The number of hydrogen-bond donors (Lipinski definition) is 4. The molecule has 0 saturated carbocycles. The number of rotatable bonds is 7. The summed E-state index contributed by atoms with van der Waals surface area (Å²) in [5, 5.41) is 12.1. The van der Waals surface area contributed by atoms with Crippen LogP contribution in [-0.4, -0.2) is 47.1 Å². The van der Waals surface area contributed by atoms with Crippen LogP contribution >= 0.6 is 0 Å². The minimum absolute atomic E-state index is 0.197. The summed E-state index contributed by atoms with van der Waals surface area (Å²) in [4.78, 5) is 37.7. The normalized spacial score (nSPS) is 13.2. The molecule has 128 valence electrons. The molecule has 1 aromatic heterocycles. The lowest BCUT2D eigenvalue weighted by Crippen LogP contribution is -2.50. The molecule has 1 amide bonds. The summed E-state index contributed by atoms with van der Waals surface area (Å²) < 4.78 is 4.71. The number of methoxy groups -OCH3 is 1. The Hall–Kier alpha value is -2.87. The van der Waals surface area contributed by atoms with Gasteiger partial charge < -0.3 is 25.9 Å². The number of fused-ring (bicyclic) bond motifs is 1. The Labute approximate surface area is 138 Å². The van der Waals surface area contributed by atoms with Gasteiger partial charge in [-0.1, -0.05) is 18.2 Å². The van der Waals surface area contributed by atoms with E-state index >= 15 is 0 Å². The maximum atomic E-state index is 12.0. The van der Waals surface area contributed by atoms with Crippen LogP contribution in [0.3, 0.4) is 0 Å². The summed E-state index contributed by atoms with van der Waals surface area (Å²) in [6.07, 6.45) is 1.43. The van der Waals surface area contributed by atoms with Crippen molar-refractivity contribution >= 4 is 28.7 Å². The zero-order valence-electron chi connectivity index (χ0n) is 13.1. The van der Waals surface area contributed by atoms with Gasteiger partial charge in [0.25, 0.3) is 0 Å². The van der Waals surface area contributed by atoms with E-state index in [0.29, 0.717) is 0 Å². The van der Waals surface area contributed by atoms with Crippen LogP contribution in [0, 0.1) is 0 Å². The van der Waals surface area contributed by atoms with E-state index in [4.69, 9.17) is 15.6 Å². The third kappa shape index (κ3) is 4.11. The van der Waals surface area contributed by atoms with E-state index < -0.39 is 36.4 Å². The lowest BCUT2D eigenvalue weighted by atomic mass is 10.0. The number of aromatic amines is 1. The Bertz CT molecular complexity index is 755. The second-order valence-corrected chi connectivity index (χ2v) is 5.35. The van der Waals surface area contributed by atoms with E-state index in [1.165, 1.54) is 7.11 Å². The molecule has 0 aliphatic heterocycles. The SMILES string of the molecule is COC(=O)[C@H](Cc1c[nH]c2ccccc12)NC(=O)[C@@H](N)CC(=O)O. The number of aromatic nitrogens is 1. The summed E-state index contributed by atoms with van der Waals surface area (Å²) >= 11 is 0. The van der Waals surface area contributed by atoms with Crippen LogP contribution in [-0.2, 0) is 25.5 Å². The Balaban J connectivity index is 2.15. The maximum absolute atomic E-state index is 12.0. The summed E-state index contributed by atoms with van der Waals surface area (Å²) in [5.41, 5.74) is 7.26. The molecular formula is C16H19N3O5. The van der Waals surface area contributed by atoms with E-state index in [2.05, 4.69) is 10.3 Å². The number of carboxylic acid groups (broad SMARTS) is 1. The second kappa shape index (κ2) is 7.60. The van der Waals surface area contributed by atoms with Crippen molar-refractivity contribution in [1.29, 1.82) is 0 Å². The van der Waals surface area contributed by atoms with Gasteiger partial charge >= 0.3 is 11.9 Å². The average Bonchev–Trinajstić information content (AvgIpc) is 2.96. The fourth-order valence-corrected chi connectivity index (χ4v) is 2.42. The van der Waals surface area contributed by atoms with Gasteiger partial charge in [0, 0.05) is 23.5 Å². The number of carboxylic acids is 1. The Morgan fingerprint density at radius 1 is 1.33 bits per heavy atom. The Morgan fingerprint density at radius 2 is 2.04 bits per heavy atom. The summed E-state index contributed by atoms with van der Waals surface area (Å²) in [6, 6.07) is 5.35. The number of carbonyl (C=O) groups excluding carboxylic acids is 2. The van der Waals surface area contributed by atoms with Gasteiger partial charge in [-0.05, 0) is 11.6 Å². The van der Waals surface area contributed by atoms with Gasteiger partial charge in [0.2, 0.25) is 5.91 Å². The topological polar surface area (TPSA) is 135 Å². The van der Waals surface area contributed by atoms with Crippen molar-refractivity contribution in [3.63, 3.8) is 0 Å². The lowest BCUT2D eigenvalue weighted by Gasteiger charge is -2.18. The molecule has 2 rings (SSSR count). The first-order valence-corrected chi connectivity index (χ1v) is 7.33. The highest BCUT2D eigenvalue weighted by Crippen LogP contribution is 2.19. The van der Waals surface area contributed by atoms with Crippen molar-refractivity contribution in [1.82, 2.24) is 10.3 Å².